The monoisotopic (exact) mass is 312 g/mol. The van der Waals surface area contributed by atoms with E-state index in [1.54, 1.807) is 0 Å². The predicted octanol–water partition coefficient (Wildman–Crippen LogP) is 0.921. The van der Waals surface area contributed by atoms with Gasteiger partial charge in [0.25, 0.3) is 0 Å². The van der Waals surface area contributed by atoms with Crippen molar-refractivity contribution in [3.63, 3.8) is 0 Å². The molecule has 0 rings (SSSR count). The van der Waals surface area contributed by atoms with Crippen LogP contribution in [0.2, 0.25) is 0 Å². The van der Waals surface area contributed by atoms with Gasteiger partial charge in [-0.25, -0.2) is 4.79 Å². The van der Waals surface area contributed by atoms with Crippen LogP contribution in [0.25, 0.3) is 0 Å². The molecule has 0 aromatic heterocycles. The molecule has 0 aromatic rings. The summed E-state index contributed by atoms with van der Waals surface area (Å²) in [6.07, 6.45) is 2.77. The van der Waals surface area contributed by atoms with Gasteiger partial charge in [0.2, 0.25) is 6.08 Å². The molecule has 0 amide bonds. The molecule has 0 aliphatic carbocycles. The van der Waals surface area contributed by atoms with Gasteiger partial charge in [-0.15, -0.1) is 0 Å². The zero-order chi connectivity index (χ0) is 17.7. The molecule has 22 heavy (non-hydrogen) atoms. The molecule has 0 saturated heterocycles. The van der Waals surface area contributed by atoms with E-state index in [0.29, 0.717) is 19.3 Å². The van der Waals surface area contributed by atoms with Crippen molar-refractivity contribution in [3.8, 4) is 0 Å². The van der Waals surface area contributed by atoms with Crippen LogP contribution in [0.4, 0.5) is 0 Å². The molecule has 0 aliphatic heterocycles. The Bertz CT molecular complexity index is 451. The Labute approximate surface area is 130 Å². The smallest absolute Gasteiger partial charge is 0.235 e. The highest BCUT2D eigenvalue weighted by Gasteiger charge is 2.12. The van der Waals surface area contributed by atoms with Gasteiger partial charge in [0.05, 0.1) is 6.04 Å². The largest absolute Gasteiger partial charge is 0.322 e. The predicted molar refractivity (Wildman–Crippen MR) is 81.1 cm³/mol. The summed E-state index contributed by atoms with van der Waals surface area (Å²) in [6.45, 7) is 5.70. The van der Waals surface area contributed by atoms with Crippen molar-refractivity contribution < 1.29 is 24.0 Å². The number of carbonyl (C=O) groups is 4. The summed E-state index contributed by atoms with van der Waals surface area (Å²) < 4.78 is 0. The number of aliphatic imine (C=N–C) groups is 1. The first kappa shape index (κ1) is 22.3. The summed E-state index contributed by atoms with van der Waals surface area (Å²) in [6, 6.07) is -1.14. The molecular formula is C15H24N2O5. The summed E-state index contributed by atoms with van der Waals surface area (Å²) in [7, 11) is 0. The zero-order valence-electron chi connectivity index (χ0n) is 13.5. The van der Waals surface area contributed by atoms with Crippen LogP contribution in [0.1, 0.15) is 53.4 Å². The molecule has 0 aromatic carbocycles. The molecule has 7 heteroatoms. The fourth-order valence-electron chi connectivity index (χ4n) is 1.32. The molecule has 0 radical (unpaired) electrons. The van der Waals surface area contributed by atoms with Crippen LogP contribution in [0.5, 0.6) is 0 Å². The van der Waals surface area contributed by atoms with Crippen LogP contribution in [0, 0.1) is 0 Å². The van der Waals surface area contributed by atoms with E-state index in [0.717, 1.165) is 0 Å². The molecule has 2 atom stereocenters. The number of hydrogen-bond acceptors (Lipinski definition) is 7. The molecule has 0 spiro atoms. The van der Waals surface area contributed by atoms with E-state index in [2.05, 4.69) is 4.99 Å². The lowest BCUT2D eigenvalue weighted by Gasteiger charge is -2.03. The van der Waals surface area contributed by atoms with Crippen LogP contribution in [-0.4, -0.2) is 41.3 Å². The minimum absolute atomic E-state index is 0.0117. The van der Waals surface area contributed by atoms with E-state index in [4.69, 9.17) is 5.73 Å². The normalized spacial score (nSPS) is 12.0. The van der Waals surface area contributed by atoms with Crippen LogP contribution >= 0.6 is 0 Å². The Balaban J connectivity index is 0. The second kappa shape index (κ2) is 12.7. The first-order valence-corrected chi connectivity index (χ1v) is 6.94. The van der Waals surface area contributed by atoms with Gasteiger partial charge in [-0.05, 0) is 40.5 Å². The van der Waals surface area contributed by atoms with Crippen molar-refractivity contribution in [2.45, 2.75) is 65.5 Å². The third-order valence-electron chi connectivity index (χ3n) is 2.78. The highest BCUT2D eigenvalue weighted by molar-refractivity contribution is 5.83. The summed E-state index contributed by atoms with van der Waals surface area (Å²) in [4.78, 5) is 55.3. The standard InChI is InChI=1S/C8H11NO3.C7H13NO2/c1-6(11)3-4-8(7(2)12)9-5-10;1-5(9)3-4-7(8)6(2)10/h8H,3-4H2,1-2H3;7H,3-4,8H2,1-2H3. The van der Waals surface area contributed by atoms with Crippen LogP contribution in [-0.2, 0) is 24.0 Å². The molecule has 2 unspecified atom stereocenters. The third-order valence-corrected chi connectivity index (χ3v) is 2.78. The lowest BCUT2D eigenvalue weighted by molar-refractivity contribution is -0.120. The molecule has 2 N–H and O–H groups in total. The Hall–Kier alpha value is -1.98. The van der Waals surface area contributed by atoms with Crippen molar-refractivity contribution in [1.29, 1.82) is 0 Å². The molecule has 0 fully saturated rings. The quantitative estimate of drug-likeness (QED) is 0.498. The van der Waals surface area contributed by atoms with Gasteiger partial charge in [0.15, 0.2) is 5.78 Å². The summed E-state index contributed by atoms with van der Waals surface area (Å²) in [5.74, 6) is -0.195. The van der Waals surface area contributed by atoms with Crippen molar-refractivity contribution in [3.05, 3.63) is 0 Å². The SMILES string of the molecule is CC(=O)CCC(N)C(C)=O.CC(=O)CCC(N=C=O)C(C)=O. The number of rotatable bonds is 9. The molecule has 0 saturated carbocycles. The molecule has 0 bridgehead atoms. The topological polar surface area (TPSA) is 124 Å². The number of Topliss-reactive ketones (excluding diaryl/α,β-unsaturated/α-hetero) is 4. The minimum atomic E-state index is -0.689. The molecule has 124 valence electrons. The van der Waals surface area contributed by atoms with Crippen LogP contribution < -0.4 is 5.73 Å². The van der Waals surface area contributed by atoms with E-state index in [1.165, 1.54) is 33.8 Å². The van der Waals surface area contributed by atoms with Gasteiger partial charge in [0.1, 0.15) is 23.4 Å². The molecule has 0 heterocycles. The average molecular weight is 312 g/mol. The summed E-state index contributed by atoms with van der Waals surface area (Å²) >= 11 is 0. The van der Waals surface area contributed by atoms with E-state index >= 15 is 0 Å². The highest BCUT2D eigenvalue weighted by Crippen LogP contribution is 2.03. The van der Waals surface area contributed by atoms with Gasteiger partial charge in [-0.2, -0.15) is 4.99 Å². The van der Waals surface area contributed by atoms with E-state index in [-0.39, 0.29) is 29.6 Å². The van der Waals surface area contributed by atoms with Crippen LogP contribution in [0.15, 0.2) is 4.99 Å². The number of nitrogens with zero attached hydrogens (tertiary/aromatic N) is 1. The third kappa shape index (κ3) is 14.4. The Morgan fingerprint density at radius 1 is 0.909 bits per heavy atom. The maximum absolute atomic E-state index is 10.8. The zero-order valence-corrected chi connectivity index (χ0v) is 13.5. The minimum Gasteiger partial charge on any atom is -0.322 e. The van der Waals surface area contributed by atoms with E-state index in [9.17, 15) is 24.0 Å². The number of ketones is 4. The van der Waals surface area contributed by atoms with Gasteiger partial charge >= 0.3 is 0 Å². The van der Waals surface area contributed by atoms with Gasteiger partial charge < -0.3 is 15.3 Å². The van der Waals surface area contributed by atoms with Crippen molar-refractivity contribution >= 4 is 29.2 Å². The van der Waals surface area contributed by atoms with Gasteiger partial charge in [-0.3, -0.25) is 9.59 Å². The first-order valence-electron chi connectivity index (χ1n) is 6.94. The lowest BCUT2D eigenvalue weighted by Crippen LogP contribution is -2.28. The molecular weight excluding hydrogens is 288 g/mol. The Morgan fingerprint density at radius 2 is 1.36 bits per heavy atom. The van der Waals surface area contributed by atoms with Gasteiger partial charge in [-0.1, -0.05) is 0 Å². The second-order valence-electron chi connectivity index (χ2n) is 5.05. The van der Waals surface area contributed by atoms with E-state index in [1.807, 2.05) is 0 Å². The van der Waals surface area contributed by atoms with Crippen molar-refractivity contribution in [1.82, 2.24) is 0 Å². The number of isocyanates is 1. The average Bonchev–Trinajstić information content (AvgIpc) is 2.40. The van der Waals surface area contributed by atoms with Crippen molar-refractivity contribution in [2.75, 3.05) is 0 Å². The van der Waals surface area contributed by atoms with E-state index < -0.39 is 12.1 Å². The molecule has 7 nitrogen and oxygen atoms in total. The fourth-order valence-corrected chi connectivity index (χ4v) is 1.32. The number of hydrogen-bond donors (Lipinski definition) is 1. The second-order valence-corrected chi connectivity index (χ2v) is 5.05. The number of carbonyl (C=O) groups excluding carboxylic acids is 5. The summed E-state index contributed by atoms with van der Waals surface area (Å²) in [5, 5.41) is 0. The fraction of sp³-hybridized carbons (Fsp3) is 0.667. The summed E-state index contributed by atoms with van der Waals surface area (Å²) in [5.41, 5.74) is 5.36. The Morgan fingerprint density at radius 3 is 1.68 bits per heavy atom. The van der Waals surface area contributed by atoms with Crippen LogP contribution in [0.3, 0.4) is 0 Å². The maximum atomic E-state index is 10.8. The van der Waals surface area contributed by atoms with Crippen molar-refractivity contribution in [2.24, 2.45) is 10.7 Å². The van der Waals surface area contributed by atoms with Gasteiger partial charge in [0, 0.05) is 12.8 Å². The Kier molecular flexibility index (Phi) is 12.9. The highest BCUT2D eigenvalue weighted by atomic mass is 16.1. The molecule has 0 aliphatic rings. The maximum Gasteiger partial charge on any atom is 0.235 e. The lowest BCUT2D eigenvalue weighted by atomic mass is 10.1. The first-order chi connectivity index (χ1) is 10.1. The number of nitrogens with two attached hydrogens (primary N) is 1.